The zero-order chi connectivity index (χ0) is 28.2. The number of aromatic nitrogens is 1. The van der Waals surface area contributed by atoms with Crippen LogP contribution in [-0.4, -0.2) is 61.0 Å². The summed E-state index contributed by atoms with van der Waals surface area (Å²) in [6.07, 6.45) is 0. The maximum Gasteiger partial charge on any atom is 0.255 e. The Hall–Kier alpha value is -4.21. The van der Waals surface area contributed by atoms with Gasteiger partial charge in [-0.25, -0.2) is 4.98 Å². The molecule has 40 heavy (non-hydrogen) atoms. The van der Waals surface area contributed by atoms with Gasteiger partial charge in [-0.2, -0.15) is 0 Å². The molecule has 0 radical (unpaired) electrons. The molecule has 206 valence electrons. The molecule has 9 heteroatoms. The van der Waals surface area contributed by atoms with Gasteiger partial charge >= 0.3 is 0 Å². The molecule has 1 fully saturated rings. The Morgan fingerprint density at radius 3 is 2.12 bits per heavy atom. The molecule has 4 aromatic rings. The molecule has 1 amide bonds. The molecule has 5 rings (SSSR count). The molecular formula is C31H32N5O3S-. The Kier molecular flexibility index (Phi) is 8.14. The molecule has 1 saturated heterocycles. The van der Waals surface area contributed by atoms with E-state index in [0.29, 0.717) is 11.3 Å². The van der Waals surface area contributed by atoms with Crippen LogP contribution in [0.2, 0.25) is 0 Å². The van der Waals surface area contributed by atoms with E-state index < -0.39 is 5.97 Å². The third-order valence-corrected chi connectivity index (χ3v) is 7.87. The fourth-order valence-corrected chi connectivity index (χ4v) is 5.70. The number of benzene rings is 3. The highest BCUT2D eigenvalue weighted by molar-refractivity contribution is 7.14. The summed E-state index contributed by atoms with van der Waals surface area (Å²) in [6.45, 7) is 8.18. The highest BCUT2D eigenvalue weighted by Crippen LogP contribution is 2.34. The van der Waals surface area contributed by atoms with Gasteiger partial charge in [0.1, 0.15) is 0 Å². The van der Waals surface area contributed by atoms with Crippen LogP contribution in [0.5, 0.6) is 0 Å². The Morgan fingerprint density at radius 2 is 1.52 bits per heavy atom. The highest BCUT2D eigenvalue weighted by atomic mass is 32.1. The fraction of sp³-hybridized carbons (Fsp3) is 0.258. The Balaban J connectivity index is 1.24. The average Bonchev–Trinajstić information content (AvgIpc) is 3.43. The van der Waals surface area contributed by atoms with Crippen molar-refractivity contribution in [2.24, 2.45) is 0 Å². The number of carboxylic acid groups (broad SMARTS) is 1. The predicted octanol–water partition coefficient (Wildman–Crippen LogP) is 4.72. The van der Waals surface area contributed by atoms with Gasteiger partial charge in [-0.05, 0) is 75.0 Å². The quantitative estimate of drug-likeness (QED) is 0.337. The summed E-state index contributed by atoms with van der Waals surface area (Å²) in [4.78, 5) is 35.5. The van der Waals surface area contributed by atoms with Crippen LogP contribution in [0.15, 0.2) is 78.2 Å². The van der Waals surface area contributed by atoms with Crippen molar-refractivity contribution in [3.63, 3.8) is 0 Å². The van der Waals surface area contributed by atoms with Gasteiger partial charge in [-0.15, -0.1) is 11.3 Å². The van der Waals surface area contributed by atoms with Gasteiger partial charge in [0.15, 0.2) is 5.13 Å². The fourth-order valence-electron chi connectivity index (χ4n) is 4.71. The van der Waals surface area contributed by atoms with Crippen molar-refractivity contribution < 1.29 is 14.7 Å². The number of anilines is 4. The van der Waals surface area contributed by atoms with E-state index in [2.05, 4.69) is 40.9 Å². The monoisotopic (exact) mass is 554 g/mol. The molecule has 8 nitrogen and oxygen atoms in total. The number of piperazine rings is 1. The van der Waals surface area contributed by atoms with Crippen LogP contribution in [0.1, 0.15) is 34.6 Å². The molecule has 1 aromatic heterocycles. The number of nitrogens with zero attached hydrogens (tertiary/aromatic N) is 4. The molecule has 0 unspecified atom stereocenters. The number of carbonyl (C=O) groups excluding carboxylic acids is 2. The lowest BCUT2D eigenvalue weighted by Crippen LogP contribution is -2.44. The van der Waals surface area contributed by atoms with Crippen molar-refractivity contribution in [1.82, 2.24) is 9.88 Å². The molecule has 0 atom stereocenters. The number of thiazole rings is 1. The van der Waals surface area contributed by atoms with E-state index in [9.17, 15) is 14.7 Å². The number of likely N-dealkylation sites (N-methyl/N-ethyl adjacent to an activating group) is 1. The van der Waals surface area contributed by atoms with E-state index in [4.69, 9.17) is 4.98 Å². The Morgan fingerprint density at radius 1 is 0.900 bits per heavy atom. The second-order valence-electron chi connectivity index (χ2n) is 10.2. The van der Waals surface area contributed by atoms with Crippen LogP contribution in [0.3, 0.4) is 0 Å². The lowest BCUT2D eigenvalue weighted by Gasteiger charge is -2.34. The first-order chi connectivity index (χ1) is 19.3. The minimum absolute atomic E-state index is 0.112. The molecule has 1 N–H and O–H groups in total. The first-order valence-corrected chi connectivity index (χ1v) is 14.2. The van der Waals surface area contributed by atoms with E-state index >= 15 is 0 Å². The molecular weight excluding hydrogens is 522 g/mol. The zero-order valence-corrected chi connectivity index (χ0v) is 23.6. The summed E-state index contributed by atoms with van der Waals surface area (Å²) in [5.41, 5.74) is 5.24. The minimum Gasteiger partial charge on any atom is -0.545 e. The van der Waals surface area contributed by atoms with Gasteiger partial charge in [0, 0.05) is 65.8 Å². The molecule has 0 aliphatic carbocycles. The number of hydrogen-bond donors (Lipinski definition) is 1. The summed E-state index contributed by atoms with van der Waals surface area (Å²) in [5, 5.41) is 16.9. The van der Waals surface area contributed by atoms with Crippen LogP contribution >= 0.6 is 11.3 Å². The smallest absolute Gasteiger partial charge is 0.255 e. The molecule has 1 aliphatic heterocycles. The van der Waals surface area contributed by atoms with Crippen LogP contribution in [0, 0.1) is 0 Å². The summed E-state index contributed by atoms with van der Waals surface area (Å²) in [5.74, 6) is -1.34. The standard InChI is InChI=1S/C31H33N5O3S/c1-21(2)36(27-14-8-24(9-15-27)30(38)39)31-33-28(20-40-31)22-4-10-25(11-5-22)32-29(37)23-6-12-26(13-7-23)35-18-16-34(3)17-19-35/h4-15,20-21H,16-19H2,1-3H3,(H,32,37)(H,38,39)/p-1. The van der Waals surface area contributed by atoms with Crippen molar-refractivity contribution in [2.75, 3.05) is 48.3 Å². The van der Waals surface area contributed by atoms with E-state index in [1.54, 1.807) is 24.3 Å². The molecule has 0 saturated carbocycles. The van der Waals surface area contributed by atoms with Crippen molar-refractivity contribution in [3.05, 3.63) is 89.3 Å². The minimum atomic E-state index is -1.20. The first kappa shape index (κ1) is 27.4. The summed E-state index contributed by atoms with van der Waals surface area (Å²) < 4.78 is 0. The lowest BCUT2D eigenvalue weighted by atomic mass is 10.1. The third-order valence-electron chi connectivity index (χ3n) is 7.03. The van der Waals surface area contributed by atoms with E-state index in [-0.39, 0.29) is 17.5 Å². The van der Waals surface area contributed by atoms with Crippen LogP contribution in [-0.2, 0) is 0 Å². The Bertz CT molecular complexity index is 1460. The van der Waals surface area contributed by atoms with E-state index in [0.717, 1.165) is 53.9 Å². The summed E-state index contributed by atoms with van der Waals surface area (Å²) >= 11 is 1.52. The second kappa shape index (κ2) is 11.9. The Labute approximate surface area is 238 Å². The third kappa shape index (κ3) is 6.16. The normalized spacial score (nSPS) is 13.8. The highest BCUT2D eigenvalue weighted by Gasteiger charge is 2.18. The molecule has 0 bridgehead atoms. The molecule has 0 spiro atoms. The number of rotatable bonds is 8. The molecule has 3 aromatic carbocycles. The van der Waals surface area contributed by atoms with Gasteiger partial charge < -0.3 is 29.9 Å². The SMILES string of the molecule is CC(C)N(c1ccc(C(=O)[O-])cc1)c1nc(-c2ccc(NC(=O)c3ccc(N4CCN(C)CC4)cc3)cc2)cs1. The zero-order valence-electron chi connectivity index (χ0n) is 22.8. The van der Waals surface area contributed by atoms with E-state index in [1.165, 1.54) is 11.3 Å². The number of hydrogen-bond acceptors (Lipinski definition) is 8. The number of aromatic carboxylic acids is 1. The maximum atomic E-state index is 12.9. The number of carboxylic acids is 1. The van der Waals surface area contributed by atoms with Crippen LogP contribution in [0.25, 0.3) is 11.3 Å². The first-order valence-electron chi connectivity index (χ1n) is 13.3. The van der Waals surface area contributed by atoms with Gasteiger partial charge in [-0.3, -0.25) is 4.79 Å². The number of nitrogens with one attached hydrogen (secondary N) is 1. The summed E-state index contributed by atoms with van der Waals surface area (Å²) in [6, 6.07) is 22.2. The molecule has 2 heterocycles. The van der Waals surface area contributed by atoms with Crippen LogP contribution in [0.4, 0.5) is 22.2 Å². The van der Waals surface area contributed by atoms with Crippen molar-refractivity contribution in [1.29, 1.82) is 0 Å². The number of amides is 1. The topological polar surface area (TPSA) is 91.8 Å². The summed E-state index contributed by atoms with van der Waals surface area (Å²) in [7, 11) is 2.14. The lowest BCUT2D eigenvalue weighted by molar-refractivity contribution is -0.255. The maximum absolute atomic E-state index is 12.9. The van der Waals surface area contributed by atoms with Crippen molar-refractivity contribution in [3.8, 4) is 11.3 Å². The van der Waals surface area contributed by atoms with Gasteiger partial charge in [-0.1, -0.05) is 24.3 Å². The second-order valence-corrected chi connectivity index (χ2v) is 11.0. The average molecular weight is 555 g/mol. The van der Waals surface area contributed by atoms with E-state index in [1.807, 2.05) is 53.9 Å². The van der Waals surface area contributed by atoms with Crippen LogP contribution < -0.4 is 20.2 Å². The van der Waals surface area contributed by atoms with Crippen molar-refractivity contribution in [2.45, 2.75) is 19.9 Å². The predicted molar refractivity (Wildman–Crippen MR) is 160 cm³/mol. The van der Waals surface area contributed by atoms with Crippen molar-refractivity contribution >= 4 is 45.4 Å². The largest absolute Gasteiger partial charge is 0.545 e. The van der Waals surface area contributed by atoms with Gasteiger partial charge in [0.2, 0.25) is 0 Å². The number of carbonyl (C=O) groups is 2. The molecule has 1 aliphatic rings. The van der Waals surface area contributed by atoms with Gasteiger partial charge in [0.05, 0.1) is 11.7 Å². The van der Waals surface area contributed by atoms with Gasteiger partial charge in [0.25, 0.3) is 5.91 Å².